The SMILES string of the molecule is Cc1ccc(OCC(=O)NCC(C)(C)CO)c(Br)c1. The normalized spacial score (nSPS) is 11.2. The Morgan fingerprint density at radius 2 is 2.16 bits per heavy atom. The van der Waals surface area contributed by atoms with Crippen molar-refractivity contribution >= 4 is 21.8 Å². The van der Waals surface area contributed by atoms with Gasteiger partial charge in [0, 0.05) is 18.6 Å². The van der Waals surface area contributed by atoms with Crippen molar-refractivity contribution in [2.75, 3.05) is 19.8 Å². The lowest BCUT2D eigenvalue weighted by Gasteiger charge is -2.21. The maximum absolute atomic E-state index is 11.6. The molecule has 0 bridgehead atoms. The van der Waals surface area contributed by atoms with E-state index in [0.717, 1.165) is 10.0 Å². The van der Waals surface area contributed by atoms with Crippen molar-refractivity contribution in [3.63, 3.8) is 0 Å². The molecule has 5 heteroatoms. The third-order valence-electron chi connectivity index (χ3n) is 2.64. The van der Waals surface area contributed by atoms with Crippen LogP contribution in [0.4, 0.5) is 0 Å². The van der Waals surface area contributed by atoms with Crippen LogP contribution in [0.1, 0.15) is 19.4 Å². The van der Waals surface area contributed by atoms with E-state index < -0.39 is 0 Å². The molecular formula is C14H20BrNO3. The van der Waals surface area contributed by atoms with Crippen LogP contribution < -0.4 is 10.1 Å². The van der Waals surface area contributed by atoms with Gasteiger partial charge in [-0.15, -0.1) is 0 Å². The summed E-state index contributed by atoms with van der Waals surface area (Å²) in [6, 6.07) is 5.68. The number of ether oxygens (including phenoxy) is 1. The molecule has 0 radical (unpaired) electrons. The molecule has 0 aromatic heterocycles. The van der Waals surface area contributed by atoms with Gasteiger partial charge in [-0.25, -0.2) is 0 Å². The number of aliphatic hydroxyl groups is 1. The van der Waals surface area contributed by atoms with E-state index in [1.54, 1.807) is 0 Å². The van der Waals surface area contributed by atoms with E-state index >= 15 is 0 Å². The van der Waals surface area contributed by atoms with Gasteiger partial charge in [0.1, 0.15) is 5.75 Å². The topological polar surface area (TPSA) is 58.6 Å². The number of hydrogen-bond acceptors (Lipinski definition) is 3. The molecule has 1 aromatic rings. The molecule has 1 amide bonds. The summed E-state index contributed by atoms with van der Waals surface area (Å²) < 4.78 is 6.26. The van der Waals surface area contributed by atoms with E-state index in [0.29, 0.717) is 12.3 Å². The molecule has 1 aromatic carbocycles. The number of carbonyl (C=O) groups excluding carboxylic acids is 1. The number of nitrogens with one attached hydrogen (secondary N) is 1. The molecule has 0 aliphatic heterocycles. The summed E-state index contributed by atoms with van der Waals surface area (Å²) in [6.07, 6.45) is 0. The fourth-order valence-corrected chi connectivity index (χ4v) is 1.92. The Hall–Kier alpha value is -1.07. The molecule has 0 aliphatic rings. The van der Waals surface area contributed by atoms with Crippen LogP contribution in [0.15, 0.2) is 22.7 Å². The zero-order chi connectivity index (χ0) is 14.5. The number of hydrogen-bond donors (Lipinski definition) is 2. The highest BCUT2D eigenvalue weighted by molar-refractivity contribution is 9.10. The number of amides is 1. The fraction of sp³-hybridized carbons (Fsp3) is 0.500. The summed E-state index contributed by atoms with van der Waals surface area (Å²) in [6.45, 7) is 6.15. The summed E-state index contributed by atoms with van der Waals surface area (Å²) in [5.74, 6) is 0.441. The Morgan fingerprint density at radius 1 is 1.47 bits per heavy atom. The van der Waals surface area contributed by atoms with Crippen molar-refractivity contribution in [1.82, 2.24) is 5.32 Å². The second-order valence-electron chi connectivity index (χ2n) is 5.32. The van der Waals surface area contributed by atoms with Crippen LogP contribution in [0, 0.1) is 12.3 Å². The summed E-state index contributed by atoms with van der Waals surface area (Å²) in [7, 11) is 0. The first-order valence-electron chi connectivity index (χ1n) is 6.10. The first-order chi connectivity index (χ1) is 8.84. The van der Waals surface area contributed by atoms with Gasteiger partial charge in [-0.1, -0.05) is 19.9 Å². The van der Waals surface area contributed by atoms with Crippen molar-refractivity contribution in [3.8, 4) is 5.75 Å². The Balaban J connectivity index is 2.42. The number of halogens is 1. The molecular weight excluding hydrogens is 310 g/mol. The highest BCUT2D eigenvalue weighted by Crippen LogP contribution is 2.25. The van der Waals surface area contributed by atoms with Gasteiger partial charge in [-0.2, -0.15) is 0 Å². The fourth-order valence-electron chi connectivity index (χ4n) is 1.31. The third kappa shape index (κ3) is 5.61. The molecule has 0 aliphatic carbocycles. The van der Waals surface area contributed by atoms with Crippen molar-refractivity contribution in [2.24, 2.45) is 5.41 Å². The van der Waals surface area contributed by atoms with Gasteiger partial charge in [0.15, 0.2) is 6.61 Å². The van der Waals surface area contributed by atoms with Crippen LogP contribution in [-0.2, 0) is 4.79 Å². The highest BCUT2D eigenvalue weighted by atomic mass is 79.9. The zero-order valence-corrected chi connectivity index (χ0v) is 13.1. The average Bonchev–Trinajstić information content (AvgIpc) is 2.35. The lowest BCUT2D eigenvalue weighted by atomic mass is 9.95. The molecule has 0 spiro atoms. The Kier molecular flexibility index (Phi) is 5.82. The van der Waals surface area contributed by atoms with Crippen LogP contribution in [0.5, 0.6) is 5.75 Å². The molecule has 2 N–H and O–H groups in total. The van der Waals surface area contributed by atoms with E-state index in [4.69, 9.17) is 9.84 Å². The number of rotatable bonds is 6. The minimum atomic E-state index is -0.319. The van der Waals surface area contributed by atoms with Crippen LogP contribution in [0.2, 0.25) is 0 Å². The molecule has 0 saturated carbocycles. The van der Waals surface area contributed by atoms with Gasteiger partial charge in [-0.05, 0) is 40.5 Å². The molecule has 0 fully saturated rings. The van der Waals surface area contributed by atoms with E-state index in [1.807, 2.05) is 39.0 Å². The minimum absolute atomic E-state index is 0.0254. The number of carbonyl (C=O) groups is 1. The van der Waals surface area contributed by atoms with Gasteiger partial charge in [0.05, 0.1) is 4.47 Å². The number of benzene rings is 1. The molecule has 0 saturated heterocycles. The van der Waals surface area contributed by atoms with Crippen molar-refractivity contribution in [3.05, 3.63) is 28.2 Å². The molecule has 0 heterocycles. The maximum Gasteiger partial charge on any atom is 0.257 e. The summed E-state index contributed by atoms with van der Waals surface area (Å²) in [5, 5.41) is 11.8. The Bertz CT molecular complexity index is 446. The van der Waals surface area contributed by atoms with E-state index in [2.05, 4.69) is 21.2 Å². The third-order valence-corrected chi connectivity index (χ3v) is 3.26. The molecule has 1 rings (SSSR count). The van der Waals surface area contributed by atoms with E-state index in [1.165, 1.54) is 0 Å². The van der Waals surface area contributed by atoms with Gasteiger partial charge in [0.2, 0.25) is 0 Å². The maximum atomic E-state index is 11.6. The quantitative estimate of drug-likeness (QED) is 0.841. The smallest absolute Gasteiger partial charge is 0.257 e. The van der Waals surface area contributed by atoms with Gasteiger partial charge < -0.3 is 15.2 Å². The molecule has 0 atom stereocenters. The van der Waals surface area contributed by atoms with Gasteiger partial charge in [0.25, 0.3) is 5.91 Å². The predicted molar refractivity (Wildman–Crippen MR) is 78.3 cm³/mol. The zero-order valence-electron chi connectivity index (χ0n) is 11.5. The number of aliphatic hydroxyl groups excluding tert-OH is 1. The predicted octanol–water partition coefficient (Wildman–Crippen LogP) is 2.27. The lowest BCUT2D eigenvalue weighted by molar-refractivity contribution is -0.123. The monoisotopic (exact) mass is 329 g/mol. The van der Waals surface area contributed by atoms with Crippen molar-refractivity contribution < 1.29 is 14.6 Å². The highest BCUT2D eigenvalue weighted by Gasteiger charge is 2.17. The molecule has 106 valence electrons. The Labute approximate surface area is 122 Å². The summed E-state index contributed by atoms with van der Waals surface area (Å²) in [4.78, 5) is 11.6. The molecule has 0 unspecified atom stereocenters. The Morgan fingerprint density at radius 3 is 2.74 bits per heavy atom. The second kappa shape index (κ2) is 6.91. The van der Waals surface area contributed by atoms with E-state index in [9.17, 15) is 4.79 Å². The summed E-state index contributed by atoms with van der Waals surface area (Å²) in [5.41, 5.74) is 0.800. The van der Waals surface area contributed by atoms with Crippen LogP contribution in [-0.4, -0.2) is 30.8 Å². The average molecular weight is 330 g/mol. The standard InChI is InChI=1S/C14H20BrNO3/c1-10-4-5-12(11(15)6-10)19-7-13(18)16-8-14(2,3)9-17/h4-6,17H,7-9H2,1-3H3,(H,16,18). The largest absolute Gasteiger partial charge is 0.483 e. The van der Waals surface area contributed by atoms with Gasteiger partial charge in [-0.3, -0.25) is 4.79 Å². The van der Waals surface area contributed by atoms with Gasteiger partial charge >= 0.3 is 0 Å². The first kappa shape index (κ1) is 16.0. The van der Waals surface area contributed by atoms with Crippen LogP contribution >= 0.6 is 15.9 Å². The number of aryl methyl sites for hydroxylation is 1. The van der Waals surface area contributed by atoms with E-state index in [-0.39, 0.29) is 24.5 Å². The minimum Gasteiger partial charge on any atom is -0.483 e. The molecule has 4 nitrogen and oxygen atoms in total. The lowest BCUT2D eigenvalue weighted by Crippen LogP contribution is -2.38. The van der Waals surface area contributed by atoms with Crippen LogP contribution in [0.25, 0.3) is 0 Å². The second-order valence-corrected chi connectivity index (χ2v) is 6.18. The van der Waals surface area contributed by atoms with Crippen molar-refractivity contribution in [2.45, 2.75) is 20.8 Å². The van der Waals surface area contributed by atoms with Crippen molar-refractivity contribution in [1.29, 1.82) is 0 Å². The summed E-state index contributed by atoms with van der Waals surface area (Å²) >= 11 is 3.39. The van der Waals surface area contributed by atoms with Crippen LogP contribution in [0.3, 0.4) is 0 Å². The molecule has 19 heavy (non-hydrogen) atoms. The first-order valence-corrected chi connectivity index (χ1v) is 6.90.